The highest BCUT2D eigenvalue weighted by Gasteiger charge is 2.19. The molecule has 0 aliphatic heterocycles. The third-order valence-electron chi connectivity index (χ3n) is 1.85. The Kier molecular flexibility index (Phi) is 3.91. The second-order valence-electron chi connectivity index (χ2n) is 4.90. The minimum Gasteiger partial charge on any atom is -0.350 e. The van der Waals surface area contributed by atoms with Crippen LogP contribution in [0.25, 0.3) is 0 Å². The van der Waals surface area contributed by atoms with Gasteiger partial charge < -0.3 is 10.6 Å². The van der Waals surface area contributed by atoms with Crippen LogP contribution in [0.3, 0.4) is 0 Å². The molecule has 1 amide bonds. The van der Waals surface area contributed by atoms with Gasteiger partial charge in [0, 0.05) is 10.9 Å². The first-order valence-electron chi connectivity index (χ1n) is 5.28. The molecule has 16 heavy (non-hydrogen) atoms. The number of nitrogens with zero attached hydrogens (tertiary/aromatic N) is 1. The molecule has 0 radical (unpaired) electrons. The molecule has 4 nitrogen and oxygen atoms in total. The maximum Gasteiger partial charge on any atom is 0.242 e. The minimum atomic E-state index is -0.273. The highest BCUT2D eigenvalue weighted by Crippen LogP contribution is 2.15. The molecule has 1 heterocycles. The van der Waals surface area contributed by atoms with Gasteiger partial charge in [-0.15, -0.1) is 11.3 Å². The van der Waals surface area contributed by atoms with Crippen molar-refractivity contribution in [1.29, 1.82) is 0 Å². The standard InChI is InChI=1S/C11H19N3OS/c1-7-6-16-10(12-7)13-8(2)9(15)14-11(3,4)5/h6,8H,1-5H3,(H,12,13)(H,14,15). The molecule has 0 spiro atoms. The van der Waals surface area contributed by atoms with Crippen molar-refractivity contribution in [3.8, 4) is 0 Å². The van der Waals surface area contributed by atoms with Gasteiger partial charge >= 0.3 is 0 Å². The van der Waals surface area contributed by atoms with Gasteiger partial charge in [-0.3, -0.25) is 4.79 Å². The Balaban J connectivity index is 2.52. The summed E-state index contributed by atoms with van der Waals surface area (Å²) in [5.41, 5.74) is 0.766. The van der Waals surface area contributed by atoms with Gasteiger partial charge in [-0.2, -0.15) is 0 Å². The summed E-state index contributed by atoms with van der Waals surface area (Å²) < 4.78 is 0. The monoisotopic (exact) mass is 241 g/mol. The lowest BCUT2D eigenvalue weighted by atomic mass is 10.1. The summed E-state index contributed by atoms with van der Waals surface area (Å²) in [7, 11) is 0. The number of anilines is 1. The quantitative estimate of drug-likeness (QED) is 0.852. The normalized spacial score (nSPS) is 13.3. The van der Waals surface area contributed by atoms with E-state index in [-0.39, 0.29) is 17.5 Å². The van der Waals surface area contributed by atoms with Gasteiger partial charge in [0.2, 0.25) is 5.91 Å². The van der Waals surface area contributed by atoms with Crippen LogP contribution < -0.4 is 10.6 Å². The fourth-order valence-corrected chi connectivity index (χ4v) is 1.93. The lowest BCUT2D eigenvalue weighted by molar-refractivity contribution is -0.122. The molecule has 0 aliphatic rings. The van der Waals surface area contributed by atoms with Crippen LogP contribution in [0, 0.1) is 6.92 Å². The van der Waals surface area contributed by atoms with Gasteiger partial charge in [-0.25, -0.2) is 4.98 Å². The molecule has 90 valence electrons. The van der Waals surface area contributed by atoms with Crippen molar-refractivity contribution in [2.24, 2.45) is 0 Å². The zero-order chi connectivity index (χ0) is 12.3. The first-order valence-corrected chi connectivity index (χ1v) is 6.16. The highest BCUT2D eigenvalue weighted by atomic mass is 32.1. The number of hydrogen-bond acceptors (Lipinski definition) is 4. The minimum absolute atomic E-state index is 0.0136. The van der Waals surface area contributed by atoms with Crippen LogP contribution in [0.2, 0.25) is 0 Å². The van der Waals surface area contributed by atoms with Gasteiger partial charge in [0.1, 0.15) is 6.04 Å². The Morgan fingerprint density at radius 3 is 2.56 bits per heavy atom. The number of carbonyl (C=O) groups is 1. The molecule has 0 fully saturated rings. The van der Waals surface area contributed by atoms with E-state index in [9.17, 15) is 4.79 Å². The molecule has 1 atom stereocenters. The van der Waals surface area contributed by atoms with Crippen LogP contribution >= 0.6 is 11.3 Å². The van der Waals surface area contributed by atoms with Gasteiger partial charge in [-0.1, -0.05) is 0 Å². The average molecular weight is 241 g/mol. The fourth-order valence-electron chi connectivity index (χ4n) is 1.15. The molecular formula is C11H19N3OS. The SMILES string of the molecule is Cc1csc(NC(C)C(=O)NC(C)(C)C)n1. The first kappa shape index (κ1) is 13.0. The number of amides is 1. The number of hydrogen-bond donors (Lipinski definition) is 2. The predicted molar refractivity (Wildman–Crippen MR) is 67.8 cm³/mol. The van der Waals surface area contributed by atoms with E-state index >= 15 is 0 Å². The van der Waals surface area contributed by atoms with Crippen LogP contribution in [0.4, 0.5) is 5.13 Å². The maximum atomic E-state index is 11.8. The number of nitrogens with one attached hydrogen (secondary N) is 2. The van der Waals surface area contributed by atoms with Gasteiger partial charge in [0.15, 0.2) is 5.13 Å². The third kappa shape index (κ3) is 4.18. The van der Waals surface area contributed by atoms with Crippen molar-refractivity contribution in [1.82, 2.24) is 10.3 Å². The van der Waals surface area contributed by atoms with E-state index in [2.05, 4.69) is 15.6 Å². The molecule has 0 saturated heterocycles. The van der Waals surface area contributed by atoms with Crippen molar-refractivity contribution in [2.45, 2.75) is 46.2 Å². The zero-order valence-electron chi connectivity index (χ0n) is 10.4. The fraction of sp³-hybridized carbons (Fsp3) is 0.636. The third-order valence-corrected chi connectivity index (χ3v) is 2.74. The van der Waals surface area contributed by atoms with Crippen molar-refractivity contribution in [2.75, 3.05) is 5.32 Å². The van der Waals surface area contributed by atoms with Crippen molar-refractivity contribution >= 4 is 22.4 Å². The van der Waals surface area contributed by atoms with Crippen LogP contribution in [0.15, 0.2) is 5.38 Å². The molecule has 1 rings (SSSR count). The molecule has 0 bridgehead atoms. The van der Waals surface area contributed by atoms with E-state index in [0.717, 1.165) is 10.8 Å². The Labute approximate surface area is 100 Å². The lowest BCUT2D eigenvalue weighted by Gasteiger charge is -2.23. The largest absolute Gasteiger partial charge is 0.350 e. The molecule has 1 aromatic rings. The maximum absolute atomic E-state index is 11.8. The van der Waals surface area contributed by atoms with Crippen LogP contribution in [-0.4, -0.2) is 22.5 Å². The van der Waals surface area contributed by atoms with Crippen molar-refractivity contribution < 1.29 is 4.79 Å². The first-order chi connectivity index (χ1) is 7.28. The van der Waals surface area contributed by atoms with Crippen molar-refractivity contribution in [3.05, 3.63) is 11.1 Å². The molecular weight excluding hydrogens is 222 g/mol. The van der Waals surface area contributed by atoms with Crippen LogP contribution in [0.5, 0.6) is 0 Å². The Morgan fingerprint density at radius 2 is 2.12 bits per heavy atom. The van der Waals surface area contributed by atoms with Gasteiger partial charge in [0.25, 0.3) is 0 Å². The number of carbonyl (C=O) groups excluding carboxylic acids is 1. The summed E-state index contributed by atoms with van der Waals surface area (Å²) in [4.78, 5) is 16.0. The summed E-state index contributed by atoms with van der Waals surface area (Å²) >= 11 is 1.51. The van der Waals surface area contributed by atoms with E-state index in [1.165, 1.54) is 11.3 Å². The zero-order valence-corrected chi connectivity index (χ0v) is 11.2. The summed E-state index contributed by atoms with van der Waals surface area (Å²) in [6, 6.07) is -0.273. The number of aromatic nitrogens is 1. The predicted octanol–water partition coefficient (Wildman–Crippen LogP) is 2.17. The number of aryl methyl sites for hydroxylation is 1. The molecule has 0 saturated carbocycles. The molecule has 0 aliphatic carbocycles. The van der Waals surface area contributed by atoms with Crippen molar-refractivity contribution in [3.63, 3.8) is 0 Å². The summed E-state index contributed by atoms with van der Waals surface area (Å²) in [5, 5.41) is 8.74. The number of thiazole rings is 1. The van der Waals surface area contributed by atoms with E-state index in [4.69, 9.17) is 0 Å². The molecule has 1 unspecified atom stereocenters. The number of rotatable bonds is 3. The smallest absolute Gasteiger partial charge is 0.242 e. The Hall–Kier alpha value is -1.10. The lowest BCUT2D eigenvalue weighted by Crippen LogP contribution is -2.47. The van der Waals surface area contributed by atoms with Gasteiger partial charge in [0.05, 0.1) is 5.69 Å². The van der Waals surface area contributed by atoms with Crippen LogP contribution in [-0.2, 0) is 4.79 Å². The summed E-state index contributed by atoms with van der Waals surface area (Å²) in [6.07, 6.45) is 0. The second kappa shape index (κ2) is 4.82. The Morgan fingerprint density at radius 1 is 1.50 bits per heavy atom. The van der Waals surface area contributed by atoms with Gasteiger partial charge in [-0.05, 0) is 34.6 Å². The van der Waals surface area contributed by atoms with Crippen LogP contribution in [0.1, 0.15) is 33.4 Å². The highest BCUT2D eigenvalue weighted by molar-refractivity contribution is 7.13. The topological polar surface area (TPSA) is 54.0 Å². The van der Waals surface area contributed by atoms with E-state index in [0.29, 0.717) is 0 Å². The molecule has 1 aromatic heterocycles. The van der Waals surface area contributed by atoms with E-state index in [1.807, 2.05) is 40.0 Å². The second-order valence-corrected chi connectivity index (χ2v) is 5.76. The Bertz CT molecular complexity index is 368. The summed E-state index contributed by atoms with van der Waals surface area (Å²) in [6.45, 7) is 9.65. The van der Waals surface area contributed by atoms with E-state index < -0.39 is 0 Å². The molecule has 2 N–H and O–H groups in total. The summed E-state index contributed by atoms with van der Waals surface area (Å²) in [5.74, 6) is -0.0136. The molecule has 0 aromatic carbocycles. The average Bonchev–Trinajstić information content (AvgIpc) is 2.48. The molecule has 5 heteroatoms. The van der Waals surface area contributed by atoms with E-state index in [1.54, 1.807) is 0 Å².